The number of nitrogens with zero attached hydrogens (tertiary/aromatic N) is 1. The fourth-order valence-corrected chi connectivity index (χ4v) is 2.85. The van der Waals surface area contributed by atoms with Gasteiger partial charge in [0.1, 0.15) is 6.04 Å². The summed E-state index contributed by atoms with van der Waals surface area (Å²) in [4.78, 5) is 25.6. The van der Waals surface area contributed by atoms with Crippen molar-refractivity contribution in [2.24, 2.45) is 5.92 Å². The standard InChI is InChI=1S/C15H24N2O3/c1-20-10-9-17(11-12-5-3-2-4-6-12)15(19)13-7-8-14(18)16-13/h2-3,12-13H,4-11H2,1H3,(H,16,18). The van der Waals surface area contributed by atoms with Gasteiger partial charge < -0.3 is 15.0 Å². The van der Waals surface area contributed by atoms with Crippen LogP contribution >= 0.6 is 0 Å². The molecule has 5 heteroatoms. The number of hydrogen-bond acceptors (Lipinski definition) is 3. The Balaban J connectivity index is 1.92. The zero-order chi connectivity index (χ0) is 14.4. The second-order valence-electron chi connectivity index (χ2n) is 5.59. The van der Waals surface area contributed by atoms with E-state index in [0.29, 0.717) is 31.9 Å². The summed E-state index contributed by atoms with van der Waals surface area (Å²) in [6.45, 7) is 1.90. The molecule has 0 aromatic carbocycles. The summed E-state index contributed by atoms with van der Waals surface area (Å²) < 4.78 is 5.10. The molecule has 1 fully saturated rings. The molecular formula is C15H24N2O3. The minimum atomic E-state index is -0.335. The van der Waals surface area contributed by atoms with Crippen molar-refractivity contribution in [2.45, 2.75) is 38.1 Å². The molecule has 0 spiro atoms. The van der Waals surface area contributed by atoms with Crippen molar-refractivity contribution >= 4 is 11.8 Å². The van der Waals surface area contributed by atoms with Gasteiger partial charge in [0.25, 0.3) is 0 Å². The highest BCUT2D eigenvalue weighted by molar-refractivity contribution is 5.90. The van der Waals surface area contributed by atoms with Crippen LogP contribution in [0.2, 0.25) is 0 Å². The number of rotatable bonds is 6. The van der Waals surface area contributed by atoms with E-state index in [-0.39, 0.29) is 17.9 Å². The highest BCUT2D eigenvalue weighted by Crippen LogP contribution is 2.20. The Labute approximate surface area is 120 Å². The molecule has 1 saturated heterocycles. The van der Waals surface area contributed by atoms with E-state index < -0.39 is 0 Å². The fraction of sp³-hybridized carbons (Fsp3) is 0.733. The van der Waals surface area contributed by atoms with Gasteiger partial charge in [-0.2, -0.15) is 0 Å². The van der Waals surface area contributed by atoms with Crippen molar-refractivity contribution < 1.29 is 14.3 Å². The average Bonchev–Trinajstić information content (AvgIpc) is 2.90. The van der Waals surface area contributed by atoms with Crippen LogP contribution in [0.15, 0.2) is 12.2 Å². The molecule has 2 unspecified atom stereocenters. The normalized spacial score (nSPS) is 25.6. The summed E-state index contributed by atoms with van der Waals surface area (Å²) in [5.41, 5.74) is 0. The minimum absolute atomic E-state index is 0.0179. The van der Waals surface area contributed by atoms with Crippen molar-refractivity contribution in [3.63, 3.8) is 0 Å². The number of amides is 2. The van der Waals surface area contributed by atoms with Crippen LogP contribution in [0, 0.1) is 5.92 Å². The predicted octanol–water partition coefficient (Wildman–Crippen LogP) is 1.10. The first-order valence-corrected chi connectivity index (χ1v) is 7.42. The predicted molar refractivity (Wildman–Crippen MR) is 76.1 cm³/mol. The van der Waals surface area contributed by atoms with Crippen LogP contribution in [0.25, 0.3) is 0 Å². The third-order valence-electron chi connectivity index (χ3n) is 4.03. The van der Waals surface area contributed by atoms with Crippen LogP contribution in [0.4, 0.5) is 0 Å². The van der Waals surface area contributed by atoms with Gasteiger partial charge in [-0.05, 0) is 31.6 Å². The van der Waals surface area contributed by atoms with Crippen LogP contribution in [0.5, 0.6) is 0 Å². The van der Waals surface area contributed by atoms with E-state index in [4.69, 9.17) is 4.74 Å². The van der Waals surface area contributed by atoms with Gasteiger partial charge in [-0.3, -0.25) is 9.59 Å². The van der Waals surface area contributed by atoms with Crippen molar-refractivity contribution in [2.75, 3.05) is 26.8 Å². The maximum Gasteiger partial charge on any atom is 0.245 e. The molecule has 2 rings (SSSR count). The third-order valence-corrected chi connectivity index (χ3v) is 4.03. The molecule has 0 bridgehead atoms. The minimum Gasteiger partial charge on any atom is -0.383 e. The molecule has 2 aliphatic rings. The van der Waals surface area contributed by atoms with Crippen molar-refractivity contribution in [1.82, 2.24) is 10.2 Å². The molecule has 0 radical (unpaired) electrons. The molecule has 0 aromatic heterocycles. The first kappa shape index (κ1) is 15.0. The Bertz CT molecular complexity index is 381. The summed E-state index contributed by atoms with van der Waals surface area (Å²) in [6, 6.07) is -0.335. The van der Waals surface area contributed by atoms with Crippen molar-refractivity contribution in [3.8, 4) is 0 Å². The Morgan fingerprint density at radius 3 is 2.90 bits per heavy atom. The maximum atomic E-state index is 12.5. The first-order chi connectivity index (χ1) is 9.70. The zero-order valence-electron chi connectivity index (χ0n) is 12.1. The number of ether oxygens (including phenoxy) is 1. The second-order valence-corrected chi connectivity index (χ2v) is 5.59. The summed E-state index contributed by atoms with van der Waals surface area (Å²) in [5.74, 6) is 0.552. The number of methoxy groups -OCH3 is 1. The topological polar surface area (TPSA) is 58.6 Å². The van der Waals surface area contributed by atoms with Gasteiger partial charge in [-0.1, -0.05) is 12.2 Å². The van der Waals surface area contributed by atoms with E-state index >= 15 is 0 Å². The lowest BCUT2D eigenvalue weighted by molar-refractivity contribution is -0.135. The smallest absolute Gasteiger partial charge is 0.245 e. The van der Waals surface area contributed by atoms with Gasteiger partial charge in [0, 0.05) is 26.6 Å². The van der Waals surface area contributed by atoms with Gasteiger partial charge >= 0.3 is 0 Å². The van der Waals surface area contributed by atoms with E-state index in [1.165, 1.54) is 0 Å². The Hall–Kier alpha value is -1.36. The van der Waals surface area contributed by atoms with Crippen LogP contribution in [0.1, 0.15) is 32.1 Å². The molecule has 2 amide bonds. The van der Waals surface area contributed by atoms with Gasteiger partial charge in [-0.15, -0.1) is 0 Å². The summed E-state index contributed by atoms with van der Waals surface area (Å²) >= 11 is 0. The number of carbonyl (C=O) groups excluding carboxylic acids is 2. The van der Waals surface area contributed by atoms with E-state index in [2.05, 4.69) is 17.5 Å². The van der Waals surface area contributed by atoms with Gasteiger partial charge in [0.15, 0.2) is 0 Å². The van der Waals surface area contributed by atoms with Gasteiger partial charge in [0.2, 0.25) is 11.8 Å². The van der Waals surface area contributed by atoms with E-state index in [9.17, 15) is 9.59 Å². The molecule has 0 aromatic rings. The average molecular weight is 280 g/mol. The summed E-state index contributed by atoms with van der Waals surface area (Å²) in [7, 11) is 1.64. The van der Waals surface area contributed by atoms with Crippen LogP contribution in [0.3, 0.4) is 0 Å². The zero-order valence-corrected chi connectivity index (χ0v) is 12.1. The van der Waals surface area contributed by atoms with Crippen molar-refractivity contribution in [1.29, 1.82) is 0 Å². The SMILES string of the molecule is COCCN(CC1CC=CCC1)C(=O)C1CCC(=O)N1. The van der Waals surface area contributed by atoms with E-state index in [0.717, 1.165) is 25.8 Å². The van der Waals surface area contributed by atoms with Crippen LogP contribution < -0.4 is 5.32 Å². The Kier molecular flexibility index (Phi) is 5.59. The van der Waals surface area contributed by atoms with E-state index in [1.807, 2.05) is 4.90 Å². The van der Waals surface area contributed by atoms with Crippen LogP contribution in [-0.4, -0.2) is 49.6 Å². The van der Waals surface area contributed by atoms with Crippen LogP contribution in [-0.2, 0) is 14.3 Å². The molecule has 1 heterocycles. The summed E-state index contributed by atoms with van der Waals surface area (Å²) in [6.07, 6.45) is 8.74. The number of nitrogens with one attached hydrogen (secondary N) is 1. The monoisotopic (exact) mass is 280 g/mol. The van der Waals surface area contributed by atoms with Crippen molar-refractivity contribution in [3.05, 3.63) is 12.2 Å². The highest BCUT2D eigenvalue weighted by atomic mass is 16.5. The van der Waals surface area contributed by atoms with Gasteiger partial charge in [-0.25, -0.2) is 0 Å². The highest BCUT2D eigenvalue weighted by Gasteiger charge is 2.31. The molecule has 0 saturated carbocycles. The molecule has 1 N–H and O–H groups in total. The molecule has 5 nitrogen and oxygen atoms in total. The quantitative estimate of drug-likeness (QED) is 0.741. The fourth-order valence-electron chi connectivity index (χ4n) is 2.85. The maximum absolute atomic E-state index is 12.5. The molecule has 1 aliphatic heterocycles. The number of allylic oxidation sites excluding steroid dienone is 2. The lowest BCUT2D eigenvalue weighted by atomic mass is 9.93. The second kappa shape index (κ2) is 7.43. The van der Waals surface area contributed by atoms with E-state index in [1.54, 1.807) is 7.11 Å². The number of hydrogen-bond donors (Lipinski definition) is 1. The molecule has 1 aliphatic carbocycles. The molecule has 20 heavy (non-hydrogen) atoms. The molecule has 2 atom stereocenters. The molecular weight excluding hydrogens is 256 g/mol. The summed E-state index contributed by atoms with van der Waals surface area (Å²) in [5, 5.41) is 2.76. The third kappa shape index (κ3) is 4.07. The van der Waals surface area contributed by atoms with Gasteiger partial charge in [0.05, 0.1) is 6.61 Å². The lowest BCUT2D eigenvalue weighted by Gasteiger charge is -2.30. The Morgan fingerprint density at radius 1 is 1.45 bits per heavy atom. The largest absolute Gasteiger partial charge is 0.383 e. The first-order valence-electron chi connectivity index (χ1n) is 7.42. The Morgan fingerprint density at radius 2 is 2.30 bits per heavy atom. The lowest BCUT2D eigenvalue weighted by Crippen LogP contribution is -2.47. The number of carbonyl (C=O) groups is 2. The molecule has 112 valence electrons.